The number of H-pyrrole nitrogens is 1. The SMILES string of the molecule is CNCCN(C)C(=O)Cc1cc(C)[nH]n1. The van der Waals surface area contributed by atoms with Crippen LogP contribution in [0.25, 0.3) is 0 Å². The van der Waals surface area contributed by atoms with Crippen molar-refractivity contribution >= 4 is 5.91 Å². The fourth-order valence-corrected chi connectivity index (χ4v) is 1.26. The quantitative estimate of drug-likeness (QED) is 0.715. The van der Waals surface area contributed by atoms with Gasteiger partial charge in [-0.3, -0.25) is 9.89 Å². The summed E-state index contributed by atoms with van der Waals surface area (Å²) in [5.41, 5.74) is 1.78. The van der Waals surface area contributed by atoms with Crippen molar-refractivity contribution in [2.75, 3.05) is 27.2 Å². The number of likely N-dealkylation sites (N-methyl/N-ethyl adjacent to an activating group) is 2. The predicted molar refractivity (Wildman–Crippen MR) is 58.6 cm³/mol. The fourth-order valence-electron chi connectivity index (χ4n) is 1.26. The second-order valence-corrected chi connectivity index (χ2v) is 3.64. The van der Waals surface area contributed by atoms with Gasteiger partial charge in [-0.2, -0.15) is 5.10 Å². The maximum atomic E-state index is 11.7. The van der Waals surface area contributed by atoms with E-state index >= 15 is 0 Å². The molecule has 1 aromatic heterocycles. The van der Waals surface area contributed by atoms with Crippen LogP contribution in [0.5, 0.6) is 0 Å². The minimum Gasteiger partial charge on any atom is -0.344 e. The molecule has 0 aliphatic rings. The Bertz CT molecular complexity index is 321. The lowest BCUT2D eigenvalue weighted by Gasteiger charge is -2.15. The lowest BCUT2D eigenvalue weighted by molar-refractivity contribution is -0.129. The van der Waals surface area contributed by atoms with E-state index in [1.807, 2.05) is 20.0 Å². The molecule has 1 amide bonds. The van der Waals surface area contributed by atoms with E-state index in [0.717, 1.165) is 24.5 Å². The van der Waals surface area contributed by atoms with Gasteiger partial charge in [0.1, 0.15) is 0 Å². The molecule has 5 heteroatoms. The van der Waals surface area contributed by atoms with E-state index in [1.54, 1.807) is 11.9 Å². The number of nitrogens with one attached hydrogen (secondary N) is 2. The summed E-state index contributed by atoms with van der Waals surface area (Å²) in [6.45, 7) is 3.45. The van der Waals surface area contributed by atoms with Gasteiger partial charge in [0.15, 0.2) is 0 Å². The van der Waals surface area contributed by atoms with Crippen LogP contribution in [-0.2, 0) is 11.2 Å². The summed E-state index contributed by atoms with van der Waals surface area (Å²) < 4.78 is 0. The summed E-state index contributed by atoms with van der Waals surface area (Å²) in [5.74, 6) is 0.0942. The lowest BCUT2D eigenvalue weighted by Crippen LogP contribution is -2.33. The van der Waals surface area contributed by atoms with E-state index in [2.05, 4.69) is 15.5 Å². The number of rotatable bonds is 5. The highest BCUT2D eigenvalue weighted by atomic mass is 16.2. The molecule has 0 radical (unpaired) electrons. The van der Waals surface area contributed by atoms with Gasteiger partial charge >= 0.3 is 0 Å². The molecule has 0 bridgehead atoms. The first-order valence-corrected chi connectivity index (χ1v) is 5.03. The van der Waals surface area contributed by atoms with Gasteiger partial charge in [0.25, 0.3) is 0 Å². The van der Waals surface area contributed by atoms with E-state index in [1.165, 1.54) is 0 Å². The Morgan fingerprint density at radius 3 is 2.93 bits per heavy atom. The average Bonchev–Trinajstić information content (AvgIpc) is 2.60. The first kappa shape index (κ1) is 11.7. The van der Waals surface area contributed by atoms with Crippen LogP contribution in [-0.4, -0.2) is 48.2 Å². The Kier molecular flexibility index (Phi) is 4.30. The summed E-state index contributed by atoms with van der Waals surface area (Å²) in [5, 5.41) is 9.86. The number of nitrogens with zero attached hydrogens (tertiary/aromatic N) is 2. The number of hydrogen-bond acceptors (Lipinski definition) is 3. The smallest absolute Gasteiger partial charge is 0.228 e. The van der Waals surface area contributed by atoms with Crippen LogP contribution >= 0.6 is 0 Å². The van der Waals surface area contributed by atoms with Gasteiger partial charge in [-0.25, -0.2) is 0 Å². The molecule has 1 heterocycles. The molecule has 0 fully saturated rings. The van der Waals surface area contributed by atoms with Gasteiger partial charge in [-0.1, -0.05) is 0 Å². The third-order valence-corrected chi connectivity index (χ3v) is 2.21. The molecule has 0 aliphatic carbocycles. The molecule has 15 heavy (non-hydrogen) atoms. The first-order valence-electron chi connectivity index (χ1n) is 5.03. The highest BCUT2D eigenvalue weighted by Crippen LogP contribution is 2.00. The summed E-state index contributed by atoms with van der Waals surface area (Å²) in [7, 11) is 3.68. The monoisotopic (exact) mass is 210 g/mol. The molecule has 84 valence electrons. The molecular weight excluding hydrogens is 192 g/mol. The van der Waals surface area contributed by atoms with Crippen LogP contribution in [0.15, 0.2) is 6.07 Å². The van der Waals surface area contributed by atoms with Gasteiger partial charge < -0.3 is 10.2 Å². The third kappa shape index (κ3) is 3.71. The minimum absolute atomic E-state index is 0.0942. The Morgan fingerprint density at radius 2 is 2.40 bits per heavy atom. The van der Waals surface area contributed by atoms with Crippen molar-refractivity contribution in [1.29, 1.82) is 0 Å². The lowest BCUT2D eigenvalue weighted by atomic mass is 10.2. The molecule has 2 N–H and O–H groups in total. The number of amides is 1. The normalized spacial score (nSPS) is 10.3. The molecule has 0 aromatic carbocycles. The molecular formula is C10H18N4O. The van der Waals surface area contributed by atoms with E-state index in [0.29, 0.717) is 6.42 Å². The predicted octanol–water partition coefficient (Wildman–Crippen LogP) is -0.0616. The molecule has 0 unspecified atom stereocenters. The van der Waals surface area contributed by atoms with E-state index < -0.39 is 0 Å². The summed E-state index contributed by atoms with van der Waals surface area (Å²) in [6.07, 6.45) is 0.366. The van der Waals surface area contributed by atoms with Crippen molar-refractivity contribution in [1.82, 2.24) is 20.4 Å². The van der Waals surface area contributed by atoms with Gasteiger partial charge in [0, 0.05) is 25.8 Å². The van der Waals surface area contributed by atoms with Gasteiger partial charge in [-0.15, -0.1) is 0 Å². The highest BCUT2D eigenvalue weighted by Gasteiger charge is 2.10. The number of hydrogen-bond donors (Lipinski definition) is 2. The second kappa shape index (κ2) is 5.50. The van der Waals surface area contributed by atoms with Crippen molar-refractivity contribution in [3.8, 4) is 0 Å². The highest BCUT2D eigenvalue weighted by molar-refractivity contribution is 5.78. The molecule has 1 aromatic rings. The molecule has 0 saturated carbocycles. The number of aromatic nitrogens is 2. The van der Waals surface area contributed by atoms with Crippen molar-refractivity contribution < 1.29 is 4.79 Å². The van der Waals surface area contributed by atoms with Crippen molar-refractivity contribution in [2.24, 2.45) is 0 Å². The zero-order valence-corrected chi connectivity index (χ0v) is 9.50. The van der Waals surface area contributed by atoms with E-state index in [9.17, 15) is 4.79 Å². The number of carbonyl (C=O) groups excluding carboxylic acids is 1. The van der Waals surface area contributed by atoms with E-state index in [4.69, 9.17) is 0 Å². The first-order chi connectivity index (χ1) is 7.13. The number of aryl methyl sites for hydroxylation is 1. The van der Waals surface area contributed by atoms with Gasteiger partial charge in [0.2, 0.25) is 5.91 Å². The van der Waals surface area contributed by atoms with Gasteiger partial charge in [-0.05, 0) is 20.0 Å². The average molecular weight is 210 g/mol. The maximum Gasteiger partial charge on any atom is 0.228 e. The van der Waals surface area contributed by atoms with E-state index in [-0.39, 0.29) is 5.91 Å². The molecule has 0 saturated heterocycles. The van der Waals surface area contributed by atoms with Crippen LogP contribution in [0, 0.1) is 6.92 Å². The van der Waals surface area contributed by atoms with Crippen molar-refractivity contribution in [3.63, 3.8) is 0 Å². The Balaban J connectivity index is 2.41. The summed E-state index contributed by atoms with van der Waals surface area (Å²) >= 11 is 0. The van der Waals surface area contributed by atoms with Crippen LogP contribution in [0.2, 0.25) is 0 Å². The fraction of sp³-hybridized carbons (Fsp3) is 0.600. The minimum atomic E-state index is 0.0942. The van der Waals surface area contributed by atoms with Crippen molar-refractivity contribution in [3.05, 3.63) is 17.5 Å². The van der Waals surface area contributed by atoms with Gasteiger partial charge in [0.05, 0.1) is 12.1 Å². The van der Waals surface area contributed by atoms with Crippen LogP contribution in [0.1, 0.15) is 11.4 Å². The standard InChI is InChI=1S/C10H18N4O/c1-8-6-9(13-12-8)7-10(15)14(3)5-4-11-2/h6,11H,4-5,7H2,1-3H3,(H,12,13). The topological polar surface area (TPSA) is 61.0 Å². The molecule has 1 rings (SSSR count). The molecule has 5 nitrogen and oxygen atoms in total. The number of aromatic amines is 1. The molecule has 0 spiro atoms. The third-order valence-electron chi connectivity index (χ3n) is 2.21. The Morgan fingerprint density at radius 1 is 1.67 bits per heavy atom. The Labute approximate surface area is 89.9 Å². The van der Waals surface area contributed by atoms with Crippen LogP contribution in [0.4, 0.5) is 0 Å². The van der Waals surface area contributed by atoms with Crippen LogP contribution in [0.3, 0.4) is 0 Å². The molecule has 0 aliphatic heterocycles. The number of carbonyl (C=O) groups is 1. The summed E-state index contributed by atoms with van der Waals surface area (Å²) in [4.78, 5) is 13.4. The maximum absolute atomic E-state index is 11.7. The van der Waals surface area contributed by atoms with Crippen LogP contribution < -0.4 is 5.32 Å². The largest absolute Gasteiger partial charge is 0.344 e. The van der Waals surface area contributed by atoms with Crippen molar-refractivity contribution in [2.45, 2.75) is 13.3 Å². The molecule has 0 atom stereocenters. The Hall–Kier alpha value is -1.36. The zero-order valence-electron chi connectivity index (χ0n) is 9.50. The second-order valence-electron chi connectivity index (χ2n) is 3.64. The summed E-state index contributed by atoms with van der Waals surface area (Å²) in [6, 6.07) is 1.89. The zero-order chi connectivity index (χ0) is 11.3.